The van der Waals surface area contributed by atoms with Gasteiger partial charge < -0.3 is 5.11 Å². The first-order chi connectivity index (χ1) is 7.80. The highest BCUT2D eigenvalue weighted by Crippen LogP contribution is 2.37. The zero-order valence-corrected chi connectivity index (χ0v) is 10.9. The summed E-state index contributed by atoms with van der Waals surface area (Å²) in [6.07, 6.45) is 0. The number of aromatic hydroxyl groups is 1. The molecule has 17 heavy (non-hydrogen) atoms. The lowest BCUT2D eigenvalue weighted by Crippen LogP contribution is -1.94. The molecular weight excluding hydrogens is 285 g/mol. The summed E-state index contributed by atoms with van der Waals surface area (Å²) in [4.78, 5) is 3.62. The van der Waals surface area contributed by atoms with Gasteiger partial charge in [-0.1, -0.05) is 11.6 Å². The van der Waals surface area contributed by atoms with E-state index in [1.54, 1.807) is 19.1 Å². The molecule has 2 aromatic rings. The molecule has 0 aliphatic carbocycles. The fourth-order valence-corrected chi connectivity index (χ4v) is 2.76. The molecular formula is C10H7Cl2NO3S. The third kappa shape index (κ3) is 2.18. The summed E-state index contributed by atoms with van der Waals surface area (Å²) in [5.41, 5.74) is 0.754. The minimum Gasteiger partial charge on any atom is -0.504 e. The SMILES string of the molecule is Cc1ccc2c(Cl)cc(S(=O)(=O)Cl)c(O)c2n1. The summed E-state index contributed by atoms with van der Waals surface area (Å²) >= 11 is 5.92. The largest absolute Gasteiger partial charge is 0.504 e. The minimum absolute atomic E-state index is 0.122. The lowest BCUT2D eigenvalue weighted by molar-refractivity contribution is 0.465. The van der Waals surface area contributed by atoms with Crippen LogP contribution in [0.1, 0.15) is 5.69 Å². The number of phenols is 1. The molecule has 0 unspecified atom stereocenters. The minimum atomic E-state index is -4.06. The lowest BCUT2D eigenvalue weighted by Gasteiger charge is -2.07. The lowest BCUT2D eigenvalue weighted by atomic mass is 10.2. The number of nitrogens with zero attached hydrogens (tertiary/aromatic N) is 1. The van der Waals surface area contributed by atoms with Crippen LogP contribution in [0.4, 0.5) is 0 Å². The average Bonchev–Trinajstić information content (AvgIpc) is 2.21. The molecule has 0 fully saturated rings. The Morgan fingerprint density at radius 2 is 2.00 bits per heavy atom. The van der Waals surface area contributed by atoms with Gasteiger partial charge in [-0.2, -0.15) is 0 Å². The monoisotopic (exact) mass is 291 g/mol. The summed E-state index contributed by atoms with van der Waals surface area (Å²) < 4.78 is 22.5. The Kier molecular flexibility index (Phi) is 2.93. The molecule has 1 aromatic heterocycles. The van der Waals surface area contributed by atoms with E-state index >= 15 is 0 Å². The number of pyridine rings is 1. The van der Waals surface area contributed by atoms with Crippen molar-refractivity contribution in [3.63, 3.8) is 0 Å². The van der Waals surface area contributed by atoms with Gasteiger partial charge in [0.05, 0.1) is 5.02 Å². The van der Waals surface area contributed by atoms with Crippen molar-refractivity contribution in [2.75, 3.05) is 0 Å². The molecule has 0 aliphatic rings. The first-order valence-corrected chi connectivity index (χ1v) is 7.23. The Balaban J connectivity index is 2.98. The van der Waals surface area contributed by atoms with E-state index < -0.39 is 19.7 Å². The van der Waals surface area contributed by atoms with Gasteiger partial charge >= 0.3 is 0 Å². The molecule has 4 nitrogen and oxygen atoms in total. The zero-order chi connectivity index (χ0) is 12.8. The van der Waals surface area contributed by atoms with Crippen LogP contribution in [0, 0.1) is 6.92 Å². The average molecular weight is 292 g/mol. The van der Waals surface area contributed by atoms with E-state index in [1.165, 1.54) is 0 Å². The second kappa shape index (κ2) is 4.01. The molecule has 0 amide bonds. The highest BCUT2D eigenvalue weighted by atomic mass is 35.7. The van der Waals surface area contributed by atoms with E-state index in [-0.39, 0.29) is 10.5 Å². The van der Waals surface area contributed by atoms with Crippen molar-refractivity contribution in [1.29, 1.82) is 0 Å². The molecule has 0 spiro atoms. The summed E-state index contributed by atoms with van der Waals surface area (Å²) in [5.74, 6) is -0.483. The Hall–Kier alpha value is -1.04. The molecule has 0 radical (unpaired) electrons. The van der Waals surface area contributed by atoms with Crippen LogP contribution in [0.25, 0.3) is 10.9 Å². The van der Waals surface area contributed by atoms with Crippen LogP contribution < -0.4 is 0 Å². The first-order valence-electron chi connectivity index (χ1n) is 4.54. The van der Waals surface area contributed by atoms with Crippen molar-refractivity contribution in [2.24, 2.45) is 0 Å². The van der Waals surface area contributed by atoms with Gasteiger partial charge in [-0.15, -0.1) is 0 Å². The molecule has 1 aromatic carbocycles. The maximum absolute atomic E-state index is 11.3. The topological polar surface area (TPSA) is 67.3 Å². The fourth-order valence-electron chi connectivity index (χ4n) is 1.49. The molecule has 2 rings (SSSR count). The van der Waals surface area contributed by atoms with E-state index in [0.717, 1.165) is 6.07 Å². The number of hydrogen-bond donors (Lipinski definition) is 1. The first kappa shape index (κ1) is 12.4. The summed E-state index contributed by atoms with van der Waals surface area (Å²) in [7, 11) is 1.14. The van der Waals surface area contributed by atoms with E-state index in [0.29, 0.717) is 11.1 Å². The van der Waals surface area contributed by atoms with Crippen LogP contribution in [0.15, 0.2) is 23.1 Å². The van der Waals surface area contributed by atoms with Crippen LogP contribution in [-0.2, 0) is 9.05 Å². The standard InChI is InChI=1S/C10H7Cl2NO3S/c1-5-2-3-6-7(11)4-8(17(12,15)16)10(14)9(6)13-5/h2-4,14H,1H3. The van der Waals surface area contributed by atoms with Crippen molar-refractivity contribution in [3.05, 3.63) is 28.9 Å². The van der Waals surface area contributed by atoms with Crippen molar-refractivity contribution < 1.29 is 13.5 Å². The number of halogens is 2. The van der Waals surface area contributed by atoms with E-state index in [2.05, 4.69) is 4.98 Å². The maximum atomic E-state index is 11.3. The summed E-state index contributed by atoms with van der Waals surface area (Å²) in [6.45, 7) is 1.72. The zero-order valence-electron chi connectivity index (χ0n) is 8.61. The molecule has 7 heteroatoms. The van der Waals surface area contributed by atoms with Gasteiger partial charge in [-0.3, -0.25) is 0 Å². The normalized spacial score (nSPS) is 11.9. The van der Waals surface area contributed by atoms with Crippen molar-refractivity contribution in [2.45, 2.75) is 11.8 Å². The number of aromatic nitrogens is 1. The van der Waals surface area contributed by atoms with Gasteiger partial charge in [0.1, 0.15) is 10.4 Å². The van der Waals surface area contributed by atoms with Crippen LogP contribution in [0.2, 0.25) is 5.02 Å². The second-order valence-electron chi connectivity index (χ2n) is 3.49. The Morgan fingerprint density at radius 3 is 2.59 bits per heavy atom. The third-order valence-corrected chi connectivity index (χ3v) is 3.92. The number of phenolic OH excluding ortho intramolecular Hbond substituents is 1. The van der Waals surface area contributed by atoms with Crippen molar-refractivity contribution >= 4 is 42.2 Å². The predicted molar refractivity (Wildman–Crippen MR) is 66.2 cm³/mol. The molecule has 0 aliphatic heterocycles. The van der Waals surface area contributed by atoms with Crippen LogP contribution in [0.5, 0.6) is 5.75 Å². The fraction of sp³-hybridized carbons (Fsp3) is 0.100. The molecule has 0 atom stereocenters. The van der Waals surface area contributed by atoms with Crippen LogP contribution in [-0.4, -0.2) is 18.5 Å². The second-order valence-corrected chi connectivity index (χ2v) is 6.43. The number of benzene rings is 1. The highest BCUT2D eigenvalue weighted by Gasteiger charge is 2.20. The number of hydrogen-bond acceptors (Lipinski definition) is 4. The molecule has 0 bridgehead atoms. The van der Waals surface area contributed by atoms with E-state index in [1.807, 2.05) is 0 Å². The summed E-state index contributed by atoms with van der Waals surface area (Å²) in [6, 6.07) is 4.48. The molecule has 90 valence electrons. The Morgan fingerprint density at radius 1 is 1.35 bits per heavy atom. The van der Waals surface area contributed by atoms with Gasteiger partial charge in [-0.05, 0) is 25.1 Å². The van der Waals surface area contributed by atoms with Gasteiger partial charge in [0.2, 0.25) is 0 Å². The van der Waals surface area contributed by atoms with Gasteiger partial charge in [0, 0.05) is 21.8 Å². The van der Waals surface area contributed by atoms with E-state index in [4.69, 9.17) is 22.3 Å². The smallest absolute Gasteiger partial charge is 0.265 e. The molecule has 1 N–H and O–H groups in total. The maximum Gasteiger partial charge on any atom is 0.265 e. The summed E-state index contributed by atoms with van der Waals surface area (Å²) in [5, 5.41) is 10.5. The predicted octanol–water partition coefficient (Wildman–Crippen LogP) is 2.83. The number of fused-ring (bicyclic) bond motifs is 1. The molecule has 0 saturated heterocycles. The Bertz CT molecular complexity index is 713. The van der Waals surface area contributed by atoms with Crippen LogP contribution >= 0.6 is 22.3 Å². The number of rotatable bonds is 1. The highest BCUT2D eigenvalue weighted by molar-refractivity contribution is 8.13. The van der Waals surface area contributed by atoms with Crippen molar-refractivity contribution in [1.82, 2.24) is 4.98 Å². The third-order valence-electron chi connectivity index (χ3n) is 2.27. The van der Waals surface area contributed by atoms with Gasteiger partial charge in [0.25, 0.3) is 9.05 Å². The molecule has 1 heterocycles. The van der Waals surface area contributed by atoms with E-state index in [9.17, 15) is 13.5 Å². The van der Waals surface area contributed by atoms with Crippen molar-refractivity contribution in [3.8, 4) is 5.75 Å². The molecule has 0 saturated carbocycles. The van der Waals surface area contributed by atoms with Gasteiger partial charge in [0.15, 0.2) is 5.75 Å². The van der Waals surface area contributed by atoms with Gasteiger partial charge in [-0.25, -0.2) is 13.4 Å². The van der Waals surface area contributed by atoms with Crippen LogP contribution in [0.3, 0.4) is 0 Å². The number of aryl methyl sites for hydroxylation is 1. The Labute approximate surface area is 107 Å². The quantitative estimate of drug-likeness (QED) is 0.821.